The number of amides is 1. The molecular formula is C24H31NO3S. The SMILES string of the molecule is CC(C)Cc1ccc(C(C)NC(=O)COC(=O)c2cc3c(s2)CCCCC3)cc1. The second-order valence-electron chi connectivity index (χ2n) is 8.32. The van der Waals surface area contributed by atoms with E-state index in [4.69, 9.17) is 4.74 Å². The highest BCUT2D eigenvalue weighted by Crippen LogP contribution is 2.29. The quantitative estimate of drug-likeness (QED) is 0.498. The largest absolute Gasteiger partial charge is 0.451 e. The minimum atomic E-state index is -0.399. The number of thiophene rings is 1. The Morgan fingerprint density at radius 2 is 1.79 bits per heavy atom. The number of esters is 1. The molecule has 1 unspecified atom stereocenters. The first-order valence-corrected chi connectivity index (χ1v) is 11.4. The van der Waals surface area contributed by atoms with Crippen LogP contribution in [0.4, 0.5) is 0 Å². The van der Waals surface area contributed by atoms with Crippen molar-refractivity contribution in [3.05, 3.63) is 56.8 Å². The Kier molecular flexibility index (Phi) is 7.48. The summed E-state index contributed by atoms with van der Waals surface area (Å²) in [6.45, 7) is 6.08. The van der Waals surface area contributed by atoms with Gasteiger partial charge in [-0.25, -0.2) is 4.79 Å². The summed E-state index contributed by atoms with van der Waals surface area (Å²) in [5.41, 5.74) is 3.61. The zero-order chi connectivity index (χ0) is 20.8. The first-order valence-electron chi connectivity index (χ1n) is 10.6. The van der Waals surface area contributed by atoms with Crippen molar-refractivity contribution in [1.82, 2.24) is 5.32 Å². The van der Waals surface area contributed by atoms with Gasteiger partial charge < -0.3 is 10.1 Å². The van der Waals surface area contributed by atoms with E-state index in [0.717, 1.165) is 24.8 Å². The second-order valence-corrected chi connectivity index (χ2v) is 9.46. The average molecular weight is 414 g/mol. The maximum absolute atomic E-state index is 12.3. The molecule has 0 saturated heterocycles. The third-order valence-corrected chi connectivity index (χ3v) is 6.50. The first-order chi connectivity index (χ1) is 13.9. The number of ether oxygens (including phenoxy) is 1. The minimum Gasteiger partial charge on any atom is -0.451 e. The van der Waals surface area contributed by atoms with Crippen molar-refractivity contribution in [2.75, 3.05) is 6.61 Å². The molecule has 3 rings (SSSR count). The van der Waals surface area contributed by atoms with Gasteiger partial charge in [0.1, 0.15) is 4.88 Å². The molecule has 0 spiro atoms. The van der Waals surface area contributed by atoms with E-state index < -0.39 is 5.97 Å². The number of rotatable bonds is 7. The van der Waals surface area contributed by atoms with Gasteiger partial charge in [0.2, 0.25) is 0 Å². The third-order valence-electron chi connectivity index (χ3n) is 5.28. The summed E-state index contributed by atoms with van der Waals surface area (Å²) in [6.07, 6.45) is 6.73. The van der Waals surface area contributed by atoms with Gasteiger partial charge >= 0.3 is 5.97 Å². The van der Waals surface area contributed by atoms with Gasteiger partial charge in [0.25, 0.3) is 5.91 Å². The summed E-state index contributed by atoms with van der Waals surface area (Å²) < 4.78 is 5.26. The van der Waals surface area contributed by atoms with E-state index in [1.807, 2.05) is 25.1 Å². The molecule has 4 nitrogen and oxygen atoms in total. The van der Waals surface area contributed by atoms with Crippen LogP contribution in [0.2, 0.25) is 0 Å². The van der Waals surface area contributed by atoms with Crippen molar-refractivity contribution in [1.29, 1.82) is 0 Å². The van der Waals surface area contributed by atoms with Crippen LogP contribution in [0.3, 0.4) is 0 Å². The standard InChI is InChI=1S/C24H31NO3S/c1-16(2)13-18-9-11-19(12-10-18)17(3)25-23(26)15-28-24(27)22-14-20-7-5-4-6-8-21(20)29-22/h9-12,14,16-17H,4-8,13,15H2,1-3H3,(H,25,26). The van der Waals surface area contributed by atoms with E-state index in [0.29, 0.717) is 10.8 Å². The van der Waals surface area contributed by atoms with Crippen molar-refractivity contribution in [3.8, 4) is 0 Å². The number of fused-ring (bicyclic) bond motifs is 1. The Morgan fingerprint density at radius 3 is 2.52 bits per heavy atom. The van der Waals surface area contributed by atoms with Crippen molar-refractivity contribution >= 4 is 23.2 Å². The van der Waals surface area contributed by atoms with Gasteiger partial charge in [-0.05, 0) is 67.7 Å². The Hall–Kier alpha value is -2.14. The summed E-state index contributed by atoms with van der Waals surface area (Å²) >= 11 is 1.52. The highest BCUT2D eigenvalue weighted by atomic mass is 32.1. The van der Waals surface area contributed by atoms with Crippen LogP contribution in [-0.2, 0) is 28.8 Å². The van der Waals surface area contributed by atoms with E-state index in [9.17, 15) is 9.59 Å². The predicted octanol–water partition coefficient (Wildman–Crippen LogP) is 5.25. The lowest BCUT2D eigenvalue weighted by atomic mass is 10.00. The number of hydrogen-bond acceptors (Lipinski definition) is 4. The normalized spacial score (nSPS) is 14.8. The fourth-order valence-electron chi connectivity index (χ4n) is 3.75. The van der Waals surface area contributed by atoms with Crippen molar-refractivity contribution in [3.63, 3.8) is 0 Å². The van der Waals surface area contributed by atoms with Crippen LogP contribution in [0.1, 0.15) is 77.3 Å². The van der Waals surface area contributed by atoms with Crippen molar-refractivity contribution < 1.29 is 14.3 Å². The van der Waals surface area contributed by atoms with Crippen LogP contribution in [0.25, 0.3) is 0 Å². The highest BCUT2D eigenvalue weighted by Gasteiger charge is 2.19. The summed E-state index contributed by atoms with van der Waals surface area (Å²) in [5.74, 6) is -0.0647. The van der Waals surface area contributed by atoms with Crippen LogP contribution in [-0.4, -0.2) is 18.5 Å². The molecule has 0 radical (unpaired) electrons. The second kappa shape index (κ2) is 10.1. The molecule has 1 aliphatic rings. The number of hydrogen-bond donors (Lipinski definition) is 1. The summed E-state index contributed by atoms with van der Waals surface area (Å²) in [7, 11) is 0. The molecule has 0 saturated carbocycles. The molecule has 1 aliphatic carbocycles. The summed E-state index contributed by atoms with van der Waals surface area (Å²) in [6, 6.07) is 10.1. The Balaban J connectivity index is 1.48. The van der Waals surface area contributed by atoms with Crippen LogP contribution in [0, 0.1) is 5.92 Å². The van der Waals surface area contributed by atoms with E-state index in [1.54, 1.807) is 0 Å². The predicted molar refractivity (Wildman–Crippen MR) is 117 cm³/mol. The third kappa shape index (κ3) is 6.17. The molecule has 0 aliphatic heterocycles. The van der Waals surface area contributed by atoms with E-state index in [-0.39, 0.29) is 18.6 Å². The van der Waals surface area contributed by atoms with Crippen LogP contribution < -0.4 is 5.32 Å². The van der Waals surface area contributed by atoms with E-state index >= 15 is 0 Å². The van der Waals surface area contributed by atoms with Gasteiger partial charge in [0, 0.05) is 4.88 Å². The number of benzene rings is 1. The molecule has 0 fully saturated rings. The maximum atomic E-state index is 12.3. The summed E-state index contributed by atoms with van der Waals surface area (Å²) in [5, 5.41) is 2.91. The number of carbonyl (C=O) groups is 2. The molecule has 1 atom stereocenters. The minimum absolute atomic E-state index is 0.132. The van der Waals surface area contributed by atoms with Gasteiger partial charge in [-0.2, -0.15) is 0 Å². The van der Waals surface area contributed by atoms with Gasteiger partial charge in [-0.3, -0.25) is 4.79 Å². The Labute approximate surface area is 177 Å². The van der Waals surface area contributed by atoms with Crippen LogP contribution in [0.5, 0.6) is 0 Å². The maximum Gasteiger partial charge on any atom is 0.348 e. The fourth-order valence-corrected chi connectivity index (χ4v) is 4.90. The number of carbonyl (C=O) groups excluding carboxylic acids is 2. The Bertz CT molecular complexity index is 815. The molecule has 1 N–H and O–H groups in total. The van der Waals surface area contributed by atoms with E-state index in [2.05, 4.69) is 31.3 Å². The molecule has 2 aromatic rings. The zero-order valence-electron chi connectivity index (χ0n) is 17.6. The number of aryl methyl sites for hydroxylation is 2. The number of nitrogens with one attached hydrogen (secondary N) is 1. The fraction of sp³-hybridized carbons (Fsp3) is 0.500. The lowest BCUT2D eigenvalue weighted by Gasteiger charge is -2.15. The zero-order valence-corrected chi connectivity index (χ0v) is 18.4. The van der Waals surface area contributed by atoms with Crippen molar-refractivity contribution in [2.45, 2.75) is 65.3 Å². The lowest BCUT2D eigenvalue weighted by Crippen LogP contribution is -2.31. The molecule has 1 heterocycles. The van der Waals surface area contributed by atoms with Crippen LogP contribution in [0.15, 0.2) is 30.3 Å². The van der Waals surface area contributed by atoms with Gasteiger partial charge in [0.05, 0.1) is 6.04 Å². The molecular weight excluding hydrogens is 382 g/mol. The summed E-state index contributed by atoms with van der Waals surface area (Å²) in [4.78, 5) is 26.5. The molecule has 1 aromatic carbocycles. The van der Waals surface area contributed by atoms with Crippen molar-refractivity contribution in [2.24, 2.45) is 5.92 Å². The molecule has 29 heavy (non-hydrogen) atoms. The molecule has 1 amide bonds. The Morgan fingerprint density at radius 1 is 1.07 bits per heavy atom. The first kappa shape index (κ1) is 21.6. The molecule has 156 valence electrons. The lowest BCUT2D eigenvalue weighted by molar-refractivity contribution is -0.124. The van der Waals surface area contributed by atoms with Gasteiger partial charge in [-0.15, -0.1) is 11.3 Å². The molecule has 1 aromatic heterocycles. The van der Waals surface area contributed by atoms with Gasteiger partial charge in [-0.1, -0.05) is 44.5 Å². The topological polar surface area (TPSA) is 55.4 Å². The molecule has 5 heteroatoms. The monoisotopic (exact) mass is 413 g/mol. The van der Waals surface area contributed by atoms with E-state index in [1.165, 1.54) is 46.6 Å². The van der Waals surface area contributed by atoms with Gasteiger partial charge in [0.15, 0.2) is 6.61 Å². The molecule has 0 bridgehead atoms. The smallest absolute Gasteiger partial charge is 0.348 e. The highest BCUT2D eigenvalue weighted by molar-refractivity contribution is 7.14. The van der Waals surface area contributed by atoms with Crippen LogP contribution >= 0.6 is 11.3 Å². The average Bonchev–Trinajstić information content (AvgIpc) is 2.97.